The highest BCUT2D eigenvalue weighted by Gasteiger charge is 2.27. The average molecular weight is 319 g/mol. The van der Waals surface area contributed by atoms with Crippen LogP contribution in [0.15, 0.2) is 4.99 Å². The molecule has 1 aliphatic carbocycles. The van der Waals surface area contributed by atoms with Gasteiger partial charge in [-0.15, -0.1) is 0 Å². The van der Waals surface area contributed by atoms with E-state index in [1.807, 2.05) is 11.7 Å². The summed E-state index contributed by atoms with van der Waals surface area (Å²) in [6.45, 7) is 12.6. The van der Waals surface area contributed by atoms with Gasteiger partial charge in [0.2, 0.25) is 0 Å². The van der Waals surface area contributed by atoms with Gasteiger partial charge >= 0.3 is 0 Å². The molecule has 2 rings (SSSR count). The number of aliphatic imine (C=N–C) groups is 1. The van der Waals surface area contributed by atoms with Gasteiger partial charge in [0.15, 0.2) is 5.96 Å². The number of aromatic nitrogens is 2. The largest absolute Gasteiger partial charge is 0.357 e. The van der Waals surface area contributed by atoms with Gasteiger partial charge in [-0.05, 0) is 51.9 Å². The van der Waals surface area contributed by atoms with E-state index in [0.717, 1.165) is 18.2 Å². The molecule has 23 heavy (non-hydrogen) atoms. The highest BCUT2D eigenvalue weighted by Crippen LogP contribution is 2.34. The SMILES string of the molecule is CCNC(=NCc1c(C)nn(C)c1C)NC1CCC(C)(C)CC1. The van der Waals surface area contributed by atoms with Gasteiger partial charge in [0, 0.05) is 30.9 Å². The lowest BCUT2D eigenvalue weighted by Gasteiger charge is -2.35. The average Bonchev–Trinajstić information content (AvgIpc) is 2.72. The minimum Gasteiger partial charge on any atom is -0.357 e. The molecular weight excluding hydrogens is 286 g/mol. The zero-order valence-corrected chi connectivity index (χ0v) is 15.7. The molecule has 1 aromatic heterocycles. The molecule has 1 aliphatic rings. The molecule has 0 atom stereocenters. The Labute approximate surface area is 141 Å². The van der Waals surface area contributed by atoms with Crippen LogP contribution >= 0.6 is 0 Å². The van der Waals surface area contributed by atoms with E-state index in [1.54, 1.807) is 0 Å². The van der Waals surface area contributed by atoms with Crippen molar-refractivity contribution in [1.29, 1.82) is 0 Å². The van der Waals surface area contributed by atoms with Crippen LogP contribution in [-0.2, 0) is 13.6 Å². The van der Waals surface area contributed by atoms with Crippen molar-refractivity contribution in [2.45, 2.75) is 72.9 Å². The van der Waals surface area contributed by atoms with Crippen LogP contribution in [0.4, 0.5) is 0 Å². The van der Waals surface area contributed by atoms with Crippen molar-refractivity contribution in [3.8, 4) is 0 Å². The first-order valence-electron chi connectivity index (χ1n) is 8.86. The second-order valence-electron chi connectivity index (χ2n) is 7.55. The van der Waals surface area contributed by atoms with E-state index in [0.29, 0.717) is 18.0 Å². The fourth-order valence-corrected chi connectivity index (χ4v) is 3.26. The summed E-state index contributed by atoms with van der Waals surface area (Å²) in [5.74, 6) is 0.930. The van der Waals surface area contributed by atoms with E-state index in [9.17, 15) is 0 Å². The van der Waals surface area contributed by atoms with E-state index in [2.05, 4.69) is 50.4 Å². The number of hydrogen-bond acceptors (Lipinski definition) is 2. The van der Waals surface area contributed by atoms with Gasteiger partial charge in [-0.3, -0.25) is 4.68 Å². The third-order valence-electron chi connectivity index (χ3n) is 5.08. The van der Waals surface area contributed by atoms with Crippen LogP contribution in [-0.4, -0.2) is 28.3 Å². The molecule has 0 amide bonds. The van der Waals surface area contributed by atoms with Crippen molar-refractivity contribution < 1.29 is 0 Å². The summed E-state index contributed by atoms with van der Waals surface area (Å²) in [5, 5.41) is 11.5. The summed E-state index contributed by atoms with van der Waals surface area (Å²) in [6, 6.07) is 0.539. The minimum absolute atomic E-state index is 0.498. The third-order valence-corrected chi connectivity index (χ3v) is 5.08. The van der Waals surface area contributed by atoms with Crippen molar-refractivity contribution in [3.63, 3.8) is 0 Å². The Hall–Kier alpha value is -1.52. The van der Waals surface area contributed by atoms with Crippen molar-refractivity contribution in [2.24, 2.45) is 17.5 Å². The Bertz CT molecular complexity index is 546. The van der Waals surface area contributed by atoms with Gasteiger partial charge in [0.1, 0.15) is 0 Å². The zero-order valence-electron chi connectivity index (χ0n) is 15.7. The molecule has 2 N–H and O–H groups in total. The Morgan fingerprint density at radius 1 is 1.30 bits per heavy atom. The third kappa shape index (κ3) is 4.72. The molecule has 1 aromatic rings. The van der Waals surface area contributed by atoms with Crippen molar-refractivity contribution in [3.05, 3.63) is 17.0 Å². The Morgan fingerprint density at radius 2 is 1.96 bits per heavy atom. The van der Waals surface area contributed by atoms with E-state index in [1.165, 1.54) is 36.9 Å². The summed E-state index contributed by atoms with van der Waals surface area (Å²) in [7, 11) is 1.99. The smallest absolute Gasteiger partial charge is 0.191 e. The van der Waals surface area contributed by atoms with Gasteiger partial charge in [-0.2, -0.15) is 5.10 Å². The lowest BCUT2D eigenvalue weighted by atomic mass is 9.75. The Balaban J connectivity index is 2.00. The van der Waals surface area contributed by atoms with E-state index in [4.69, 9.17) is 4.99 Å². The van der Waals surface area contributed by atoms with Crippen LogP contribution in [0.5, 0.6) is 0 Å². The molecule has 0 aromatic carbocycles. The van der Waals surface area contributed by atoms with Crippen LogP contribution < -0.4 is 10.6 Å². The maximum absolute atomic E-state index is 4.79. The van der Waals surface area contributed by atoms with Crippen LogP contribution in [0.25, 0.3) is 0 Å². The van der Waals surface area contributed by atoms with E-state index < -0.39 is 0 Å². The van der Waals surface area contributed by atoms with Gasteiger partial charge in [0.25, 0.3) is 0 Å². The quantitative estimate of drug-likeness (QED) is 0.662. The van der Waals surface area contributed by atoms with Crippen LogP contribution in [0, 0.1) is 19.3 Å². The molecule has 130 valence electrons. The molecule has 1 saturated carbocycles. The predicted molar refractivity (Wildman–Crippen MR) is 96.7 cm³/mol. The lowest BCUT2D eigenvalue weighted by Crippen LogP contribution is -2.45. The summed E-state index contributed by atoms with van der Waals surface area (Å²) in [6.07, 6.45) is 5.01. The second-order valence-corrected chi connectivity index (χ2v) is 7.55. The molecule has 0 spiro atoms. The zero-order chi connectivity index (χ0) is 17.0. The molecule has 0 bridgehead atoms. The molecule has 5 nitrogen and oxygen atoms in total. The molecular formula is C18H33N5. The number of guanidine groups is 1. The molecule has 0 saturated heterocycles. The summed E-state index contributed by atoms with van der Waals surface area (Å²) in [5.41, 5.74) is 4.00. The summed E-state index contributed by atoms with van der Waals surface area (Å²) in [4.78, 5) is 4.79. The van der Waals surface area contributed by atoms with Crippen LogP contribution in [0.1, 0.15) is 63.4 Å². The van der Waals surface area contributed by atoms with Crippen molar-refractivity contribution in [2.75, 3.05) is 6.54 Å². The van der Waals surface area contributed by atoms with Crippen molar-refractivity contribution in [1.82, 2.24) is 20.4 Å². The minimum atomic E-state index is 0.498. The number of rotatable bonds is 4. The highest BCUT2D eigenvalue weighted by molar-refractivity contribution is 5.80. The number of nitrogens with zero attached hydrogens (tertiary/aromatic N) is 3. The van der Waals surface area contributed by atoms with Gasteiger partial charge in [-0.1, -0.05) is 13.8 Å². The summed E-state index contributed by atoms with van der Waals surface area (Å²) >= 11 is 0. The number of nitrogens with one attached hydrogen (secondary N) is 2. The molecule has 1 heterocycles. The summed E-state index contributed by atoms with van der Waals surface area (Å²) < 4.78 is 1.93. The monoisotopic (exact) mass is 319 g/mol. The first kappa shape index (κ1) is 17.8. The Kier molecular flexibility index (Phi) is 5.71. The first-order chi connectivity index (χ1) is 10.8. The van der Waals surface area contributed by atoms with Gasteiger partial charge < -0.3 is 10.6 Å². The second kappa shape index (κ2) is 7.37. The molecule has 1 fully saturated rings. The van der Waals surface area contributed by atoms with E-state index in [-0.39, 0.29) is 0 Å². The van der Waals surface area contributed by atoms with Crippen LogP contribution in [0.2, 0.25) is 0 Å². The van der Waals surface area contributed by atoms with Gasteiger partial charge in [-0.25, -0.2) is 4.99 Å². The number of hydrogen-bond donors (Lipinski definition) is 2. The predicted octanol–water partition coefficient (Wildman–Crippen LogP) is 3.06. The fourth-order valence-electron chi connectivity index (χ4n) is 3.26. The maximum Gasteiger partial charge on any atom is 0.191 e. The Morgan fingerprint density at radius 3 is 2.48 bits per heavy atom. The first-order valence-corrected chi connectivity index (χ1v) is 8.86. The lowest BCUT2D eigenvalue weighted by molar-refractivity contribution is 0.216. The van der Waals surface area contributed by atoms with Crippen molar-refractivity contribution >= 4 is 5.96 Å². The standard InChI is InChI=1S/C18H33N5/c1-7-19-17(21-15-8-10-18(4,5)11-9-15)20-12-16-13(2)22-23(6)14(16)3/h15H,7-12H2,1-6H3,(H2,19,20,21). The van der Waals surface area contributed by atoms with Crippen LogP contribution in [0.3, 0.4) is 0 Å². The highest BCUT2D eigenvalue weighted by atomic mass is 15.3. The normalized spacial score (nSPS) is 19.0. The topological polar surface area (TPSA) is 54.2 Å². The molecule has 0 unspecified atom stereocenters. The number of aryl methyl sites for hydroxylation is 2. The molecule has 0 radical (unpaired) electrons. The molecule has 5 heteroatoms. The maximum atomic E-state index is 4.79. The fraction of sp³-hybridized carbons (Fsp3) is 0.778. The molecule has 0 aliphatic heterocycles. The van der Waals surface area contributed by atoms with E-state index >= 15 is 0 Å². The van der Waals surface area contributed by atoms with Gasteiger partial charge in [0.05, 0.1) is 12.2 Å².